The molecule has 1 amide bonds. The van der Waals surface area contributed by atoms with Gasteiger partial charge in [-0.05, 0) is 25.7 Å². The van der Waals surface area contributed by atoms with E-state index in [9.17, 15) is 4.79 Å². The minimum absolute atomic E-state index is 0.0190. The molecule has 0 bridgehead atoms. The zero-order valence-electron chi connectivity index (χ0n) is 8.42. The van der Waals surface area contributed by atoms with Crippen LogP contribution in [0.5, 0.6) is 0 Å². The van der Waals surface area contributed by atoms with Crippen molar-refractivity contribution in [2.45, 2.75) is 38.8 Å². The predicted octanol–water partition coefficient (Wildman–Crippen LogP) is 0.605. The lowest BCUT2D eigenvalue weighted by Crippen LogP contribution is -2.42. The molecule has 2 rings (SSSR count). The van der Waals surface area contributed by atoms with Crippen molar-refractivity contribution in [3.05, 3.63) is 0 Å². The monoisotopic (exact) mass is 182 g/mol. The summed E-state index contributed by atoms with van der Waals surface area (Å²) in [6.07, 6.45) is 2.43. The third-order valence-corrected chi connectivity index (χ3v) is 2.92. The molecule has 0 aromatic heterocycles. The van der Waals surface area contributed by atoms with Gasteiger partial charge in [-0.2, -0.15) is 0 Å². The Labute approximate surface area is 79.5 Å². The van der Waals surface area contributed by atoms with Crippen LogP contribution in [-0.4, -0.2) is 36.0 Å². The van der Waals surface area contributed by atoms with Crippen molar-refractivity contribution in [1.82, 2.24) is 10.2 Å². The molecule has 1 N–H and O–H groups in total. The third kappa shape index (κ3) is 1.85. The van der Waals surface area contributed by atoms with Crippen molar-refractivity contribution in [2.24, 2.45) is 5.92 Å². The second-order valence-corrected chi connectivity index (χ2v) is 4.46. The van der Waals surface area contributed by atoms with Crippen LogP contribution < -0.4 is 5.32 Å². The van der Waals surface area contributed by atoms with Gasteiger partial charge in [0.25, 0.3) is 0 Å². The molecule has 1 saturated heterocycles. The lowest BCUT2D eigenvalue weighted by Gasteiger charge is -2.23. The van der Waals surface area contributed by atoms with Crippen molar-refractivity contribution >= 4 is 5.91 Å². The van der Waals surface area contributed by atoms with Gasteiger partial charge in [-0.3, -0.25) is 4.79 Å². The van der Waals surface area contributed by atoms with E-state index in [-0.39, 0.29) is 6.04 Å². The molecule has 2 unspecified atom stereocenters. The Morgan fingerprint density at radius 3 is 2.69 bits per heavy atom. The van der Waals surface area contributed by atoms with Crippen molar-refractivity contribution < 1.29 is 4.79 Å². The first-order valence-electron chi connectivity index (χ1n) is 5.22. The molecule has 74 valence electrons. The van der Waals surface area contributed by atoms with E-state index < -0.39 is 0 Å². The van der Waals surface area contributed by atoms with Crippen LogP contribution in [0, 0.1) is 5.92 Å². The Morgan fingerprint density at radius 2 is 2.08 bits per heavy atom. The topological polar surface area (TPSA) is 32.3 Å². The quantitative estimate of drug-likeness (QED) is 0.644. The Bertz CT molecular complexity index is 213. The van der Waals surface area contributed by atoms with Gasteiger partial charge in [-0.15, -0.1) is 0 Å². The van der Waals surface area contributed by atoms with Gasteiger partial charge in [-0.25, -0.2) is 0 Å². The first-order valence-corrected chi connectivity index (χ1v) is 5.22. The zero-order chi connectivity index (χ0) is 9.42. The molecular weight excluding hydrogens is 164 g/mol. The summed E-state index contributed by atoms with van der Waals surface area (Å²) in [7, 11) is 0. The maximum atomic E-state index is 11.8. The Balaban J connectivity index is 2.07. The Morgan fingerprint density at radius 1 is 1.38 bits per heavy atom. The van der Waals surface area contributed by atoms with Crippen molar-refractivity contribution in [3.63, 3.8) is 0 Å². The number of nitrogens with zero attached hydrogens (tertiary/aromatic N) is 1. The number of amides is 1. The molecule has 3 nitrogen and oxygen atoms in total. The number of hydrogen-bond donors (Lipinski definition) is 1. The average molecular weight is 182 g/mol. The second kappa shape index (κ2) is 3.29. The van der Waals surface area contributed by atoms with Crippen LogP contribution in [0.1, 0.15) is 26.7 Å². The van der Waals surface area contributed by atoms with Crippen molar-refractivity contribution in [2.75, 3.05) is 13.1 Å². The van der Waals surface area contributed by atoms with E-state index in [2.05, 4.69) is 17.1 Å². The molecule has 1 saturated carbocycles. The average Bonchev–Trinajstić information content (AvgIpc) is 2.90. The van der Waals surface area contributed by atoms with Gasteiger partial charge in [0.15, 0.2) is 0 Å². The summed E-state index contributed by atoms with van der Waals surface area (Å²) in [6, 6.07) is 0.586. The molecule has 13 heavy (non-hydrogen) atoms. The minimum atomic E-state index is 0.0190. The SMILES string of the molecule is CC1CNC(C)C(=O)N(C2CC2)C1. The van der Waals surface area contributed by atoms with Crippen LogP contribution in [0.2, 0.25) is 0 Å². The Hall–Kier alpha value is -0.570. The fourth-order valence-corrected chi connectivity index (χ4v) is 1.92. The van der Waals surface area contributed by atoms with E-state index in [4.69, 9.17) is 0 Å². The molecule has 2 fully saturated rings. The van der Waals surface area contributed by atoms with Crippen LogP contribution in [0.25, 0.3) is 0 Å². The minimum Gasteiger partial charge on any atom is -0.338 e. The molecule has 1 aliphatic heterocycles. The van der Waals surface area contributed by atoms with Crippen LogP contribution in [0.3, 0.4) is 0 Å². The molecule has 0 spiro atoms. The lowest BCUT2D eigenvalue weighted by molar-refractivity contribution is -0.133. The van der Waals surface area contributed by atoms with Crippen LogP contribution in [0.15, 0.2) is 0 Å². The van der Waals surface area contributed by atoms with Crippen LogP contribution in [-0.2, 0) is 4.79 Å². The lowest BCUT2D eigenvalue weighted by atomic mass is 10.2. The molecule has 0 radical (unpaired) electrons. The maximum absolute atomic E-state index is 11.8. The summed E-state index contributed by atoms with van der Waals surface area (Å²) in [5.41, 5.74) is 0. The van der Waals surface area contributed by atoms with Crippen molar-refractivity contribution in [1.29, 1.82) is 0 Å². The first-order chi connectivity index (χ1) is 6.18. The first kappa shape index (κ1) is 9.00. The highest BCUT2D eigenvalue weighted by Gasteiger charge is 2.36. The van der Waals surface area contributed by atoms with Gasteiger partial charge < -0.3 is 10.2 Å². The molecule has 1 heterocycles. The van der Waals surface area contributed by atoms with Crippen LogP contribution >= 0.6 is 0 Å². The molecule has 0 aromatic rings. The number of nitrogens with one attached hydrogen (secondary N) is 1. The third-order valence-electron chi connectivity index (χ3n) is 2.92. The molecule has 2 atom stereocenters. The van der Waals surface area contributed by atoms with Gasteiger partial charge >= 0.3 is 0 Å². The summed E-state index contributed by atoms with van der Waals surface area (Å²) in [4.78, 5) is 13.9. The maximum Gasteiger partial charge on any atom is 0.239 e. The van der Waals surface area contributed by atoms with Gasteiger partial charge in [0, 0.05) is 19.1 Å². The molecule has 3 heteroatoms. The molecule has 2 aliphatic rings. The van der Waals surface area contributed by atoms with E-state index in [1.165, 1.54) is 12.8 Å². The van der Waals surface area contributed by atoms with E-state index >= 15 is 0 Å². The van der Waals surface area contributed by atoms with Crippen LogP contribution in [0.4, 0.5) is 0 Å². The van der Waals surface area contributed by atoms with Crippen molar-refractivity contribution in [3.8, 4) is 0 Å². The number of carbonyl (C=O) groups is 1. The Kier molecular flexibility index (Phi) is 2.28. The summed E-state index contributed by atoms with van der Waals surface area (Å²) in [6.45, 7) is 6.08. The second-order valence-electron chi connectivity index (χ2n) is 4.46. The highest BCUT2D eigenvalue weighted by atomic mass is 16.2. The van der Waals surface area contributed by atoms with Gasteiger partial charge in [0.05, 0.1) is 6.04 Å². The van der Waals surface area contributed by atoms with Gasteiger partial charge in [-0.1, -0.05) is 6.92 Å². The zero-order valence-corrected chi connectivity index (χ0v) is 8.42. The smallest absolute Gasteiger partial charge is 0.239 e. The molecule has 0 aromatic carbocycles. The van der Waals surface area contributed by atoms with Gasteiger partial charge in [0.1, 0.15) is 0 Å². The normalized spacial score (nSPS) is 36.2. The summed E-state index contributed by atoms with van der Waals surface area (Å²) < 4.78 is 0. The van der Waals surface area contributed by atoms with E-state index in [0.29, 0.717) is 17.9 Å². The number of carbonyl (C=O) groups excluding carboxylic acids is 1. The molecule has 1 aliphatic carbocycles. The highest BCUT2D eigenvalue weighted by Crippen LogP contribution is 2.28. The predicted molar refractivity (Wildman–Crippen MR) is 51.4 cm³/mol. The summed E-state index contributed by atoms with van der Waals surface area (Å²) in [5.74, 6) is 0.890. The van der Waals surface area contributed by atoms with Gasteiger partial charge in [0.2, 0.25) is 5.91 Å². The summed E-state index contributed by atoms with van der Waals surface area (Å²) in [5, 5.41) is 3.27. The number of hydrogen-bond acceptors (Lipinski definition) is 2. The standard InChI is InChI=1S/C10H18N2O/c1-7-5-11-8(2)10(13)12(6-7)9-3-4-9/h7-9,11H,3-6H2,1-2H3. The highest BCUT2D eigenvalue weighted by molar-refractivity contribution is 5.82. The fraction of sp³-hybridized carbons (Fsp3) is 0.900. The van der Waals surface area contributed by atoms with E-state index in [1.54, 1.807) is 0 Å². The van der Waals surface area contributed by atoms with E-state index in [0.717, 1.165) is 13.1 Å². The summed E-state index contributed by atoms with van der Waals surface area (Å²) >= 11 is 0. The van der Waals surface area contributed by atoms with E-state index in [1.807, 2.05) is 6.92 Å². The molecular formula is C10H18N2O. The fourth-order valence-electron chi connectivity index (χ4n) is 1.92. The number of rotatable bonds is 1. The largest absolute Gasteiger partial charge is 0.338 e.